The first-order valence-corrected chi connectivity index (χ1v) is 9.22. The first-order valence-electron chi connectivity index (χ1n) is 9.22. The molecule has 0 aliphatic rings. The molecule has 0 aliphatic carbocycles. The Morgan fingerprint density at radius 2 is 1.66 bits per heavy atom. The summed E-state index contributed by atoms with van der Waals surface area (Å²) >= 11 is 0. The highest BCUT2D eigenvalue weighted by Gasteiger charge is 2.33. The molecule has 0 N–H and O–H groups in total. The molecule has 0 radical (unpaired) electrons. The van der Waals surface area contributed by atoms with E-state index >= 15 is 0 Å². The summed E-state index contributed by atoms with van der Waals surface area (Å²) in [5.41, 5.74) is 3.73. The predicted octanol–water partition coefficient (Wildman–Crippen LogP) is 7.15. The number of halogens is 3. The van der Waals surface area contributed by atoms with Gasteiger partial charge in [0.25, 0.3) is 0 Å². The maximum atomic E-state index is 13.6. The van der Waals surface area contributed by atoms with Gasteiger partial charge in [-0.2, -0.15) is 13.2 Å². The number of hydrogen-bond donors (Lipinski definition) is 0. The maximum absolute atomic E-state index is 13.6. The Bertz CT molecular complexity index is 1180. The highest BCUT2D eigenvalue weighted by Crippen LogP contribution is 2.39. The summed E-state index contributed by atoms with van der Waals surface area (Å²) in [6.07, 6.45) is -0.591. The Balaban J connectivity index is 2.01. The van der Waals surface area contributed by atoms with Gasteiger partial charge in [-0.25, -0.2) is 0 Å². The van der Waals surface area contributed by atoms with Gasteiger partial charge in [-0.05, 0) is 46.4 Å². The average molecular weight is 389 g/mol. The average Bonchev–Trinajstić information content (AvgIpc) is 2.73. The predicted molar refractivity (Wildman–Crippen MR) is 112 cm³/mol. The monoisotopic (exact) mass is 389 g/mol. The fourth-order valence-electron chi connectivity index (χ4n) is 3.60. The van der Waals surface area contributed by atoms with Crippen molar-refractivity contribution in [3.63, 3.8) is 0 Å². The molecule has 1 heterocycles. The van der Waals surface area contributed by atoms with Gasteiger partial charge in [0.05, 0.1) is 11.1 Å². The molecule has 144 valence electrons. The van der Waals surface area contributed by atoms with Crippen molar-refractivity contribution < 1.29 is 13.2 Å². The van der Waals surface area contributed by atoms with Gasteiger partial charge in [0, 0.05) is 11.6 Å². The van der Waals surface area contributed by atoms with Crippen LogP contribution in [0.25, 0.3) is 28.1 Å². The van der Waals surface area contributed by atoms with Crippen LogP contribution in [0.4, 0.5) is 13.2 Å². The van der Waals surface area contributed by atoms with Crippen molar-refractivity contribution in [3.05, 3.63) is 108 Å². The molecule has 1 nitrogen and oxygen atoms in total. The second kappa shape index (κ2) is 7.55. The van der Waals surface area contributed by atoms with Crippen LogP contribution in [0.2, 0.25) is 0 Å². The summed E-state index contributed by atoms with van der Waals surface area (Å²) in [5.74, 6) is 0. The lowest BCUT2D eigenvalue weighted by Gasteiger charge is -2.16. The highest BCUT2D eigenvalue weighted by molar-refractivity contribution is 5.98. The molecular weight excluding hydrogens is 371 g/mol. The van der Waals surface area contributed by atoms with E-state index in [1.165, 1.54) is 6.07 Å². The lowest BCUT2D eigenvalue weighted by atomic mass is 9.91. The number of para-hydroxylation sites is 1. The van der Waals surface area contributed by atoms with Gasteiger partial charge in [0.2, 0.25) is 0 Å². The summed E-state index contributed by atoms with van der Waals surface area (Å²) in [6, 6.07) is 21.7. The Hall–Kier alpha value is -3.40. The second-order valence-corrected chi connectivity index (χ2v) is 6.85. The van der Waals surface area contributed by atoms with Gasteiger partial charge in [-0.1, -0.05) is 73.3 Å². The second-order valence-electron chi connectivity index (χ2n) is 6.85. The van der Waals surface area contributed by atoms with E-state index in [0.717, 1.165) is 33.9 Å². The van der Waals surface area contributed by atoms with E-state index in [-0.39, 0.29) is 5.52 Å². The summed E-state index contributed by atoms with van der Waals surface area (Å²) in [5, 5.41) is 0.495. The number of rotatable bonds is 4. The fraction of sp³-hybridized carbons (Fsp3) is 0.0800. The number of nitrogens with zero attached hydrogens (tertiary/aromatic N) is 1. The van der Waals surface area contributed by atoms with Gasteiger partial charge in [-0.3, -0.25) is 4.98 Å². The van der Waals surface area contributed by atoms with Crippen LogP contribution < -0.4 is 0 Å². The highest BCUT2D eigenvalue weighted by atomic mass is 19.4. The zero-order valence-corrected chi connectivity index (χ0v) is 15.6. The van der Waals surface area contributed by atoms with Crippen molar-refractivity contribution >= 4 is 17.0 Å². The zero-order valence-electron chi connectivity index (χ0n) is 15.6. The molecule has 0 atom stereocenters. The molecule has 0 aliphatic heterocycles. The third-order valence-corrected chi connectivity index (χ3v) is 4.93. The Morgan fingerprint density at radius 1 is 0.897 bits per heavy atom. The molecule has 0 spiro atoms. The molecule has 1 aromatic heterocycles. The third kappa shape index (κ3) is 3.79. The Labute approximate surface area is 167 Å². The molecule has 4 aromatic rings. The van der Waals surface area contributed by atoms with Crippen molar-refractivity contribution in [1.82, 2.24) is 4.98 Å². The summed E-state index contributed by atoms with van der Waals surface area (Å²) in [7, 11) is 0. The Kier molecular flexibility index (Phi) is 4.93. The summed E-state index contributed by atoms with van der Waals surface area (Å²) in [4.78, 5) is 4.23. The van der Waals surface area contributed by atoms with Crippen LogP contribution in [0.3, 0.4) is 0 Å². The number of fused-ring (bicyclic) bond motifs is 1. The molecule has 4 heteroatoms. The van der Waals surface area contributed by atoms with Crippen LogP contribution in [0.5, 0.6) is 0 Å². The van der Waals surface area contributed by atoms with Crippen molar-refractivity contribution in [2.75, 3.05) is 0 Å². The van der Waals surface area contributed by atoms with Gasteiger partial charge in [0.15, 0.2) is 0 Å². The Morgan fingerprint density at radius 3 is 2.38 bits per heavy atom. The molecule has 0 saturated carbocycles. The molecule has 0 fully saturated rings. The molecule has 3 aromatic carbocycles. The number of hydrogen-bond acceptors (Lipinski definition) is 1. The quantitative estimate of drug-likeness (QED) is 0.361. The number of alkyl halides is 3. The van der Waals surface area contributed by atoms with Crippen LogP contribution in [0.15, 0.2) is 85.6 Å². The standard InChI is InChI=1S/C25H18F3N/c1-2-17-10-6-11-19(14-17)23-20(15-18-8-4-3-5-9-18)16-29-24-21(23)12-7-13-22(24)25(26,27)28/h2-14,16H,1,15H2. The van der Waals surface area contributed by atoms with Crippen molar-refractivity contribution in [2.45, 2.75) is 12.6 Å². The molecule has 29 heavy (non-hydrogen) atoms. The minimum Gasteiger partial charge on any atom is -0.255 e. The molecule has 0 amide bonds. The topological polar surface area (TPSA) is 12.9 Å². The van der Waals surface area contributed by atoms with E-state index in [1.54, 1.807) is 18.3 Å². The minimum absolute atomic E-state index is 0.0317. The van der Waals surface area contributed by atoms with Gasteiger partial charge < -0.3 is 0 Å². The van der Waals surface area contributed by atoms with E-state index < -0.39 is 11.7 Å². The normalized spacial score (nSPS) is 11.6. The van der Waals surface area contributed by atoms with Crippen molar-refractivity contribution in [2.24, 2.45) is 0 Å². The van der Waals surface area contributed by atoms with Gasteiger partial charge in [-0.15, -0.1) is 0 Å². The maximum Gasteiger partial charge on any atom is 0.418 e. The van der Waals surface area contributed by atoms with E-state index in [2.05, 4.69) is 11.6 Å². The van der Waals surface area contributed by atoms with E-state index in [1.807, 2.05) is 54.6 Å². The number of pyridine rings is 1. The van der Waals surface area contributed by atoms with Gasteiger partial charge in [0.1, 0.15) is 0 Å². The van der Waals surface area contributed by atoms with Crippen LogP contribution in [0, 0.1) is 0 Å². The molecule has 0 unspecified atom stereocenters. The first kappa shape index (κ1) is 18.9. The van der Waals surface area contributed by atoms with E-state index in [4.69, 9.17) is 0 Å². The van der Waals surface area contributed by atoms with Crippen molar-refractivity contribution in [1.29, 1.82) is 0 Å². The number of aromatic nitrogens is 1. The van der Waals surface area contributed by atoms with Crippen LogP contribution >= 0.6 is 0 Å². The van der Waals surface area contributed by atoms with E-state index in [0.29, 0.717) is 11.8 Å². The van der Waals surface area contributed by atoms with Crippen molar-refractivity contribution in [3.8, 4) is 11.1 Å². The largest absolute Gasteiger partial charge is 0.418 e. The third-order valence-electron chi connectivity index (χ3n) is 4.93. The van der Waals surface area contributed by atoms with Gasteiger partial charge >= 0.3 is 6.18 Å². The lowest BCUT2D eigenvalue weighted by molar-refractivity contribution is -0.136. The lowest BCUT2D eigenvalue weighted by Crippen LogP contribution is -2.07. The molecule has 0 saturated heterocycles. The smallest absolute Gasteiger partial charge is 0.255 e. The molecule has 0 bridgehead atoms. The van der Waals surface area contributed by atoms with Crippen LogP contribution in [0.1, 0.15) is 22.3 Å². The SMILES string of the molecule is C=Cc1cccc(-c2c(Cc3ccccc3)cnc3c(C(F)(F)F)cccc23)c1. The minimum atomic E-state index is -4.46. The number of benzene rings is 3. The zero-order chi connectivity index (χ0) is 20.4. The summed E-state index contributed by atoms with van der Waals surface area (Å²) < 4.78 is 40.7. The summed E-state index contributed by atoms with van der Waals surface area (Å²) in [6.45, 7) is 3.80. The van der Waals surface area contributed by atoms with Crippen LogP contribution in [-0.4, -0.2) is 4.98 Å². The first-order chi connectivity index (χ1) is 14.0. The van der Waals surface area contributed by atoms with E-state index in [9.17, 15) is 13.2 Å². The fourth-order valence-corrected chi connectivity index (χ4v) is 3.60. The molecular formula is C25H18F3N. The van der Waals surface area contributed by atoms with Crippen LogP contribution in [-0.2, 0) is 12.6 Å². The molecule has 4 rings (SSSR count).